The molecule has 4 rings (SSSR count). The number of hydrogen-bond donors (Lipinski definition) is 1. The van der Waals surface area contributed by atoms with Gasteiger partial charge < -0.3 is 14.6 Å². The Hall–Kier alpha value is -2.66. The number of pyridine rings is 1. The molecule has 0 aliphatic carbocycles. The summed E-state index contributed by atoms with van der Waals surface area (Å²) in [6.07, 6.45) is 0. The molecule has 1 amide bonds. The molecule has 116 valence electrons. The number of nitrogens with zero attached hydrogens (tertiary/aromatic N) is 1. The molecule has 1 N–H and O–H groups in total. The summed E-state index contributed by atoms with van der Waals surface area (Å²) >= 11 is 0. The molecule has 0 radical (unpaired) electrons. The smallest absolute Gasteiger partial charge is 0.254 e. The molecule has 2 heterocycles. The number of morpholine rings is 1. The van der Waals surface area contributed by atoms with Gasteiger partial charge in [-0.15, -0.1) is 0 Å². The minimum Gasteiger partial charge on any atom is -0.378 e. The van der Waals surface area contributed by atoms with Crippen molar-refractivity contribution in [3.63, 3.8) is 0 Å². The van der Waals surface area contributed by atoms with E-state index < -0.39 is 0 Å². The second-order valence-corrected chi connectivity index (χ2v) is 5.66. The van der Waals surface area contributed by atoms with Crippen molar-refractivity contribution in [2.24, 2.45) is 0 Å². The van der Waals surface area contributed by atoms with Gasteiger partial charge in [0.2, 0.25) is 0 Å². The topological polar surface area (TPSA) is 62.4 Å². The fourth-order valence-electron chi connectivity index (χ4n) is 3.00. The Morgan fingerprint density at radius 1 is 1.00 bits per heavy atom. The average Bonchev–Trinajstić information content (AvgIpc) is 2.62. The van der Waals surface area contributed by atoms with E-state index in [1.54, 1.807) is 29.2 Å². The van der Waals surface area contributed by atoms with Crippen molar-refractivity contribution < 1.29 is 9.53 Å². The van der Waals surface area contributed by atoms with E-state index in [1.165, 1.54) is 0 Å². The summed E-state index contributed by atoms with van der Waals surface area (Å²) in [5.41, 5.74) is 2.04. The van der Waals surface area contributed by atoms with E-state index >= 15 is 0 Å². The van der Waals surface area contributed by atoms with Crippen LogP contribution < -0.4 is 5.43 Å². The normalized spacial score (nSPS) is 15.2. The number of carbonyl (C=O) groups excluding carboxylic acids is 1. The molecule has 0 spiro atoms. The molecule has 0 saturated carbocycles. The lowest BCUT2D eigenvalue weighted by atomic mass is 10.1. The predicted molar refractivity (Wildman–Crippen MR) is 88.8 cm³/mol. The Labute approximate surface area is 132 Å². The summed E-state index contributed by atoms with van der Waals surface area (Å²) in [4.78, 5) is 30.3. The van der Waals surface area contributed by atoms with Crippen LogP contribution in [0.25, 0.3) is 21.8 Å². The fourth-order valence-corrected chi connectivity index (χ4v) is 3.00. The third kappa shape index (κ3) is 2.39. The lowest BCUT2D eigenvalue weighted by Crippen LogP contribution is -2.40. The van der Waals surface area contributed by atoms with Crippen molar-refractivity contribution in [1.82, 2.24) is 9.88 Å². The maximum Gasteiger partial charge on any atom is 0.254 e. The van der Waals surface area contributed by atoms with Crippen molar-refractivity contribution in [2.75, 3.05) is 26.3 Å². The second-order valence-electron chi connectivity index (χ2n) is 5.66. The van der Waals surface area contributed by atoms with Crippen LogP contribution >= 0.6 is 0 Å². The van der Waals surface area contributed by atoms with Crippen LogP contribution in [0.5, 0.6) is 0 Å². The van der Waals surface area contributed by atoms with E-state index in [0.29, 0.717) is 42.6 Å². The number of amides is 1. The van der Waals surface area contributed by atoms with Gasteiger partial charge in [0.05, 0.1) is 13.2 Å². The molecule has 5 nitrogen and oxygen atoms in total. The van der Waals surface area contributed by atoms with Gasteiger partial charge in [0, 0.05) is 40.5 Å². The van der Waals surface area contributed by atoms with E-state index in [9.17, 15) is 9.59 Å². The molecule has 2 aromatic carbocycles. The number of H-pyrrole nitrogens is 1. The van der Waals surface area contributed by atoms with E-state index in [2.05, 4.69) is 4.98 Å². The highest BCUT2D eigenvalue weighted by atomic mass is 16.5. The first-order valence-electron chi connectivity index (χ1n) is 7.66. The number of rotatable bonds is 1. The van der Waals surface area contributed by atoms with Gasteiger partial charge in [-0.05, 0) is 30.3 Å². The number of benzene rings is 2. The maximum atomic E-state index is 12.7. The summed E-state index contributed by atoms with van der Waals surface area (Å²) in [6, 6.07) is 12.7. The lowest BCUT2D eigenvalue weighted by molar-refractivity contribution is 0.0303. The van der Waals surface area contributed by atoms with Crippen LogP contribution in [0.1, 0.15) is 10.4 Å². The fraction of sp³-hybridized carbons (Fsp3) is 0.222. The molecule has 1 saturated heterocycles. The van der Waals surface area contributed by atoms with Gasteiger partial charge in [-0.3, -0.25) is 9.59 Å². The van der Waals surface area contributed by atoms with E-state index in [-0.39, 0.29) is 11.3 Å². The maximum absolute atomic E-state index is 12.7. The molecule has 23 heavy (non-hydrogen) atoms. The van der Waals surface area contributed by atoms with Crippen LogP contribution in [0.15, 0.2) is 47.3 Å². The first kappa shape index (κ1) is 14.0. The minimum absolute atomic E-state index is 0.0500. The van der Waals surface area contributed by atoms with Gasteiger partial charge >= 0.3 is 0 Å². The van der Waals surface area contributed by atoms with E-state index in [1.807, 2.05) is 18.2 Å². The minimum atomic E-state index is -0.0530. The summed E-state index contributed by atoms with van der Waals surface area (Å²) in [7, 11) is 0. The van der Waals surface area contributed by atoms with Gasteiger partial charge in [-0.1, -0.05) is 12.1 Å². The number of ether oxygens (including phenoxy) is 1. The van der Waals surface area contributed by atoms with Gasteiger partial charge in [-0.25, -0.2) is 0 Å². The van der Waals surface area contributed by atoms with E-state index in [4.69, 9.17) is 4.74 Å². The Morgan fingerprint density at radius 3 is 2.57 bits per heavy atom. The summed E-state index contributed by atoms with van der Waals surface area (Å²) in [6.45, 7) is 2.30. The summed E-state index contributed by atoms with van der Waals surface area (Å²) in [5.74, 6) is -0.0530. The van der Waals surface area contributed by atoms with Crippen molar-refractivity contribution >= 4 is 27.7 Å². The third-order valence-electron chi connectivity index (χ3n) is 4.25. The van der Waals surface area contributed by atoms with Gasteiger partial charge in [0.25, 0.3) is 5.91 Å². The van der Waals surface area contributed by atoms with Crippen LogP contribution in [0.2, 0.25) is 0 Å². The number of aromatic nitrogens is 1. The lowest BCUT2D eigenvalue weighted by Gasteiger charge is -2.26. The van der Waals surface area contributed by atoms with Crippen LogP contribution in [0.3, 0.4) is 0 Å². The zero-order chi connectivity index (χ0) is 15.8. The number of aromatic amines is 1. The molecule has 3 aromatic rings. The van der Waals surface area contributed by atoms with Gasteiger partial charge in [-0.2, -0.15) is 0 Å². The summed E-state index contributed by atoms with van der Waals surface area (Å²) < 4.78 is 5.27. The first-order valence-corrected chi connectivity index (χ1v) is 7.66. The summed E-state index contributed by atoms with van der Waals surface area (Å²) in [5, 5.41) is 1.18. The molecular formula is C18H16N2O3. The number of carbonyl (C=O) groups is 1. The Kier molecular flexibility index (Phi) is 3.35. The van der Waals surface area contributed by atoms with Crippen molar-refractivity contribution in [3.8, 4) is 0 Å². The quantitative estimate of drug-likeness (QED) is 0.701. The Balaban J connectivity index is 1.84. The highest BCUT2D eigenvalue weighted by Gasteiger charge is 2.19. The molecule has 0 unspecified atom stereocenters. The highest BCUT2D eigenvalue weighted by Crippen LogP contribution is 2.17. The molecule has 5 heteroatoms. The van der Waals surface area contributed by atoms with Crippen LogP contribution in [-0.4, -0.2) is 42.1 Å². The zero-order valence-electron chi connectivity index (χ0n) is 12.5. The molecule has 1 aromatic heterocycles. The largest absolute Gasteiger partial charge is 0.378 e. The highest BCUT2D eigenvalue weighted by molar-refractivity contribution is 6.00. The van der Waals surface area contributed by atoms with Gasteiger partial charge in [0.1, 0.15) is 0 Å². The SMILES string of the molecule is O=C(c1ccc2[nH]c3ccccc3c(=O)c2c1)N1CCOCC1. The predicted octanol–water partition coefficient (Wildman–Crippen LogP) is 2.15. The molecule has 1 aliphatic heterocycles. The number of nitrogens with one attached hydrogen (secondary N) is 1. The van der Waals surface area contributed by atoms with E-state index in [0.717, 1.165) is 11.0 Å². The zero-order valence-corrected chi connectivity index (χ0v) is 12.5. The Morgan fingerprint density at radius 2 is 1.74 bits per heavy atom. The van der Waals surface area contributed by atoms with Crippen LogP contribution in [0, 0.1) is 0 Å². The standard InChI is InChI=1S/C18H16N2O3/c21-17-13-3-1-2-4-15(13)19-16-6-5-12(11-14(16)17)18(22)20-7-9-23-10-8-20/h1-6,11H,7-10H2,(H,19,21). The molecule has 1 fully saturated rings. The van der Waals surface area contributed by atoms with Crippen LogP contribution in [0.4, 0.5) is 0 Å². The molecule has 0 atom stereocenters. The number of hydrogen-bond acceptors (Lipinski definition) is 3. The first-order chi connectivity index (χ1) is 11.2. The Bertz CT molecular complexity index is 955. The third-order valence-corrected chi connectivity index (χ3v) is 4.25. The second kappa shape index (κ2) is 5.52. The molecular weight excluding hydrogens is 292 g/mol. The van der Waals surface area contributed by atoms with Gasteiger partial charge in [0.15, 0.2) is 5.43 Å². The van der Waals surface area contributed by atoms with Crippen molar-refractivity contribution in [2.45, 2.75) is 0 Å². The van der Waals surface area contributed by atoms with Crippen molar-refractivity contribution in [1.29, 1.82) is 0 Å². The van der Waals surface area contributed by atoms with Crippen LogP contribution in [-0.2, 0) is 4.74 Å². The monoisotopic (exact) mass is 308 g/mol. The number of para-hydroxylation sites is 1. The average molecular weight is 308 g/mol. The van der Waals surface area contributed by atoms with Crippen molar-refractivity contribution in [3.05, 3.63) is 58.3 Å². The number of fused-ring (bicyclic) bond motifs is 2. The molecule has 0 bridgehead atoms. The molecule has 1 aliphatic rings.